The maximum atomic E-state index is 13.3. The number of halogens is 2. The van der Waals surface area contributed by atoms with E-state index >= 15 is 0 Å². The number of anilines is 1. The van der Waals surface area contributed by atoms with Gasteiger partial charge in [0, 0.05) is 42.8 Å². The lowest BCUT2D eigenvalue weighted by atomic mass is 10.1. The molecule has 1 fully saturated rings. The summed E-state index contributed by atoms with van der Waals surface area (Å²) in [6.45, 7) is 3.17. The Morgan fingerprint density at radius 2 is 1.88 bits per heavy atom. The van der Waals surface area contributed by atoms with Gasteiger partial charge in [-0.15, -0.1) is 0 Å². The summed E-state index contributed by atoms with van der Waals surface area (Å²) in [5, 5.41) is 13.2. The molecule has 34 heavy (non-hydrogen) atoms. The number of allylic oxidation sites excluding steroid dienone is 1. The molecule has 3 N–H and O–H groups in total. The zero-order valence-corrected chi connectivity index (χ0v) is 19.2. The summed E-state index contributed by atoms with van der Waals surface area (Å²) in [7, 11) is 1.74. The molecule has 0 aromatic heterocycles. The third-order valence-electron chi connectivity index (χ3n) is 5.45. The Balaban J connectivity index is 1.65. The number of benzene rings is 2. The molecule has 1 amide bonds. The third kappa shape index (κ3) is 7.28. The van der Waals surface area contributed by atoms with Crippen LogP contribution in [0.1, 0.15) is 24.8 Å². The van der Waals surface area contributed by atoms with Crippen molar-refractivity contribution in [3.05, 3.63) is 59.7 Å². The molecular weight excluding hydrogens is 442 g/mol. The highest BCUT2D eigenvalue weighted by molar-refractivity contribution is 5.93. The molecule has 7 nitrogen and oxygen atoms in total. The molecule has 9 heteroatoms. The fourth-order valence-corrected chi connectivity index (χ4v) is 3.72. The summed E-state index contributed by atoms with van der Waals surface area (Å²) in [5.41, 5.74) is 1.87. The van der Waals surface area contributed by atoms with Crippen LogP contribution < -0.4 is 20.1 Å². The predicted molar refractivity (Wildman–Crippen MR) is 129 cm³/mol. The molecule has 3 rings (SSSR count). The minimum atomic E-state index is -1.05. The van der Waals surface area contributed by atoms with Crippen molar-refractivity contribution in [3.8, 4) is 11.5 Å². The van der Waals surface area contributed by atoms with Crippen LogP contribution in [0.3, 0.4) is 0 Å². The molecule has 0 saturated carbocycles. The summed E-state index contributed by atoms with van der Waals surface area (Å²) in [5.74, 6) is -1.80. The van der Waals surface area contributed by atoms with Crippen molar-refractivity contribution in [1.82, 2.24) is 10.2 Å². The number of rotatable bonds is 11. The van der Waals surface area contributed by atoms with Crippen LogP contribution in [0.2, 0.25) is 0 Å². The van der Waals surface area contributed by atoms with Crippen LogP contribution in [-0.2, 0) is 4.79 Å². The fraction of sp³-hybridized carbons (Fsp3) is 0.360. The zero-order chi connectivity index (χ0) is 24.3. The smallest absolute Gasteiger partial charge is 0.262 e. The molecule has 0 atom stereocenters. The summed E-state index contributed by atoms with van der Waals surface area (Å²) in [6.07, 6.45) is 6.48. The number of likely N-dealkylation sites (tertiary alicyclic amines) is 1. The fourth-order valence-electron chi connectivity index (χ4n) is 3.72. The van der Waals surface area contributed by atoms with Gasteiger partial charge in [0.25, 0.3) is 5.91 Å². The Labute approximate surface area is 198 Å². The lowest BCUT2D eigenvalue weighted by Gasteiger charge is -2.26. The van der Waals surface area contributed by atoms with Crippen molar-refractivity contribution < 1.29 is 23.0 Å². The number of carbonyl (C=O) groups is 1. The van der Waals surface area contributed by atoms with Crippen LogP contribution in [0.15, 0.2) is 42.5 Å². The van der Waals surface area contributed by atoms with Crippen LogP contribution in [0, 0.1) is 17.0 Å². The van der Waals surface area contributed by atoms with E-state index in [-0.39, 0.29) is 12.4 Å². The maximum absolute atomic E-state index is 13.3. The van der Waals surface area contributed by atoms with E-state index in [9.17, 15) is 13.6 Å². The van der Waals surface area contributed by atoms with Crippen molar-refractivity contribution in [2.75, 3.05) is 45.2 Å². The standard InChI is InChI=1S/C25H30F2N4O3/c1-29-23(9-10-28)20-15-18(5-8-24(20)33-14-13-31-11-3-2-4-12-31)30-25(32)17-34-19-6-7-21(26)22(27)16-19/h5-10,15-16,28-29H,2-4,11-14,17H2,1H3,(H,30,32)/b23-9-,28-10?. The van der Waals surface area contributed by atoms with Gasteiger partial charge in [0.15, 0.2) is 18.2 Å². The van der Waals surface area contributed by atoms with Gasteiger partial charge in [0.2, 0.25) is 0 Å². The summed E-state index contributed by atoms with van der Waals surface area (Å²) in [6, 6.07) is 8.31. The number of nitrogens with zero attached hydrogens (tertiary/aromatic N) is 1. The molecule has 1 heterocycles. The lowest BCUT2D eigenvalue weighted by molar-refractivity contribution is -0.118. The molecule has 2 aromatic rings. The van der Waals surface area contributed by atoms with Gasteiger partial charge in [-0.3, -0.25) is 9.69 Å². The third-order valence-corrected chi connectivity index (χ3v) is 5.45. The van der Waals surface area contributed by atoms with Gasteiger partial charge in [-0.05, 0) is 62.3 Å². The van der Waals surface area contributed by atoms with Gasteiger partial charge in [0.1, 0.15) is 18.1 Å². The van der Waals surface area contributed by atoms with Crippen LogP contribution in [0.25, 0.3) is 5.70 Å². The molecule has 1 aliphatic rings. The van der Waals surface area contributed by atoms with Gasteiger partial charge in [-0.1, -0.05) is 6.42 Å². The SMILES string of the molecule is CN/C(=C\C=N)c1cc(NC(=O)COc2ccc(F)c(F)c2)ccc1OCCN1CCCCC1. The van der Waals surface area contributed by atoms with Gasteiger partial charge < -0.3 is 25.5 Å². The Morgan fingerprint density at radius 3 is 2.59 bits per heavy atom. The van der Waals surface area contributed by atoms with Crippen molar-refractivity contribution in [3.63, 3.8) is 0 Å². The zero-order valence-electron chi connectivity index (χ0n) is 19.2. The average Bonchev–Trinajstić information content (AvgIpc) is 2.85. The molecule has 1 saturated heterocycles. The number of carbonyl (C=O) groups excluding carboxylic acids is 1. The largest absolute Gasteiger partial charge is 0.492 e. The predicted octanol–water partition coefficient (Wildman–Crippen LogP) is 4.06. The lowest BCUT2D eigenvalue weighted by Crippen LogP contribution is -2.33. The minimum Gasteiger partial charge on any atom is -0.492 e. The van der Waals surface area contributed by atoms with E-state index < -0.39 is 17.5 Å². The van der Waals surface area contributed by atoms with E-state index in [1.807, 2.05) is 0 Å². The molecular formula is C25H30F2N4O3. The van der Waals surface area contributed by atoms with E-state index in [1.165, 1.54) is 31.5 Å². The highest BCUT2D eigenvalue weighted by Crippen LogP contribution is 2.28. The van der Waals surface area contributed by atoms with Crippen LogP contribution in [0.4, 0.5) is 14.5 Å². The first-order valence-electron chi connectivity index (χ1n) is 11.3. The van der Waals surface area contributed by atoms with Crippen LogP contribution in [-0.4, -0.2) is 56.9 Å². The topological polar surface area (TPSA) is 86.7 Å². The highest BCUT2D eigenvalue weighted by Gasteiger charge is 2.14. The van der Waals surface area contributed by atoms with E-state index in [0.29, 0.717) is 29.3 Å². The first kappa shape index (κ1) is 25.2. The quantitative estimate of drug-likeness (QED) is 0.430. The highest BCUT2D eigenvalue weighted by atomic mass is 19.2. The molecule has 1 aliphatic heterocycles. The van der Waals surface area contributed by atoms with E-state index in [1.54, 1.807) is 31.3 Å². The molecule has 0 radical (unpaired) electrons. The van der Waals surface area contributed by atoms with Crippen molar-refractivity contribution in [1.29, 1.82) is 5.41 Å². The molecule has 182 valence electrons. The Kier molecular flexibility index (Phi) is 9.40. The van der Waals surface area contributed by atoms with Gasteiger partial charge in [-0.2, -0.15) is 0 Å². The number of piperidine rings is 1. The van der Waals surface area contributed by atoms with Crippen molar-refractivity contribution in [2.45, 2.75) is 19.3 Å². The number of hydrogen-bond donors (Lipinski definition) is 3. The summed E-state index contributed by atoms with van der Waals surface area (Å²) >= 11 is 0. The molecule has 2 aromatic carbocycles. The molecule has 0 bridgehead atoms. The first-order chi connectivity index (χ1) is 16.5. The molecule has 0 unspecified atom stereocenters. The molecule has 0 spiro atoms. The Hall–Kier alpha value is -3.46. The number of amides is 1. The van der Waals surface area contributed by atoms with Gasteiger partial charge in [-0.25, -0.2) is 8.78 Å². The van der Waals surface area contributed by atoms with Gasteiger partial charge >= 0.3 is 0 Å². The normalized spacial score (nSPS) is 14.4. The Bertz CT molecular complexity index is 1020. The second-order valence-corrected chi connectivity index (χ2v) is 7.87. The maximum Gasteiger partial charge on any atom is 0.262 e. The van der Waals surface area contributed by atoms with Crippen LogP contribution in [0.5, 0.6) is 11.5 Å². The summed E-state index contributed by atoms with van der Waals surface area (Å²) in [4.78, 5) is 14.7. The second-order valence-electron chi connectivity index (χ2n) is 7.87. The van der Waals surface area contributed by atoms with E-state index in [2.05, 4.69) is 15.5 Å². The Morgan fingerprint density at radius 1 is 1.09 bits per heavy atom. The second kappa shape index (κ2) is 12.7. The number of hydrogen-bond acceptors (Lipinski definition) is 6. The van der Waals surface area contributed by atoms with Crippen molar-refractivity contribution >= 4 is 23.5 Å². The van der Waals surface area contributed by atoms with E-state index in [4.69, 9.17) is 14.9 Å². The monoisotopic (exact) mass is 472 g/mol. The average molecular weight is 473 g/mol. The van der Waals surface area contributed by atoms with E-state index in [0.717, 1.165) is 31.8 Å². The number of nitrogens with one attached hydrogen (secondary N) is 3. The minimum absolute atomic E-state index is 0.0542. The van der Waals surface area contributed by atoms with Crippen LogP contribution >= 0.6 is 0 Å². The van der Waals surface area contributed by atoms with Gasteiger partial charge in [0.05, 0.1) is 0 Å². The first-order valence-corrected chi connectivity index (χ1v) is 11.3. The van der Waals surface area contributed by atoms with Crippen molar-refractivity contribution in [2.24, 2.45) is 0 Å². The number of ether oxygens (including phenoxy) is 2. The molecule has 0 aliphatic carbocycles. The summed E-state index contributed by atoms with van der Waals surface area (Å²) < 4.78 is 37.6.